The summed E-state index contributed by atoms with van der Waals surface area (Å²) in [4.78, 5) is 5.37. The fourth-order valence-corrected chi connectivity index (χ4v) is 1.87. The topological polar surface area (TPSA) is 17.3 Å². The molecule has 0 fully saturated rings. The van der Waals surface area contributed by atoms with Crippen LogP contribution in [-0.4, -0.2) is 9.38 Å². The third-order valence-corrected chi connectivity index (χ3v) is 2.54. The largest absolute Gasteiger partial charge is 0.294 e. The Labute approximate surface area is 69.5 Å². The molecule has 0 aliphatic heterocycles. The third kappa shape index (κ3) is 0.959. The number of hydrogen-bond acceptors (Lipinski definition) is 2. The van der Waals surface area contributed by atoms with Crippen molar-refractivity contribution in [2.24, 2.45) is 0 Å². The van der Waals surface area contributed by atoms with Crippen LogP contribution < -0.4 is 0 Å². The van der Waals surface area contributed by atoms with Gasteiger partial charge in [-0.3, -0.25) is 4.40 Å². The zero-order valence-electron chi connectivity index (χ0n) is 6.61. The zero-order chi connectivity index (χ0) is 7.84. The Hall–Kier alpha value is -0.830. The van der Waals surface area contributed by atoms with E-state index in [1.54, 1.807) is 11.3 Å². The zero-order valence-corrected chi connectivity index (χ0v) is 7.43. The summed E-state index contributed by atoms with van der Waals surface area (Å²) in [5.41, 5.74) is 1.29. The lowest BCUT2D eigenvalue weighted by Crippen LogP contribution is -1.90. The van der Waals surface area contributed by atoms with Crippen molar-refractivity contribution >= 4 is 16.3 Å². The van der Waals surface area contributed by atoms with Gasteiger partial charge in [0, 0.05) is 17.3 Å². The number of imidazole rings is 1. The standard InChI is InChI=1S/C8H10N2S/c1-6(2)7-5-9-8-10(7)3-4-11-8/h3-6H,1-2H3. The molecule has 0 saturated heterocycles. The Morgan fingerprint density at radius 2 is 2.36 bits per heavy atom. The minimum Gasteiger partial charge on any atom is -0.294 e. The average molecular weight is 166 g/mol. The first-order valence-corrected chi connectivity index (χ1v) is 4.57. The van der Waals surface area contributed by atoms with Crippen molar-refractivity contribution in [2.75, 3.05) is 0 Å². The number of hydrogen-bond donors (Lipinski definition) is 0. The summed E-state index contributed by atoms with van der Waals surface area (Å²) in [6.45, 7) is 4.36. The second-order valence-corrected chi connectivity index (χ2v) is 3.77. The van der Waals surface area contributed by atoms with Gasteiger partial charge in [0.1, 0.15) is 0 Å². The van der Waals surface area contributed by atoms with Gasteiger partial charge in [0.05, 0.1) is 6.20 Å². The first-order valence-electron chi connectivity index (χ1n) is 3.69. The van der Waals surface area contributed by atoms with E-state index in [2.05, 4.69) is 34.8 Å². The van der Waals surface area contributed by atoms with Crippen molar-refractivity contribution in [2.45, 2.75) is 19.8 Å². The van der Waals surface area contributed by atoms with E-state index >= 15 is 0 Å². The van der Waals surface area contributed by atoms with Crippen LogP contribution in [0.15, 0.2) is 17.8 Å². The Morgan fingerprint density at radius 3 is 3.09 bits per heavy atom. The van der Waals surface area contributed by atoms with E-state index in [1.165, 1.54) is 5.69 Å². The lowest BCUT2D eigenvalue weighted by molar-refractivity contribution is 0.811. The van der Waals surface area contributed by atoms with Crippen molar-refractivity contribution in [1.82, 2.24) is 9.38 Å². The minimum absolute atomic E-state index is 0.555. The van der Waals surface area contributed by atoms with Crippen LogP contribution in [0.25, 0.3) is 4.96 Å². The minimum atomic E-state index is 0.555. The lowest BCUT2D eigenvalue weighted by atomic mass is 10.1. The van der Waals surface area contributed by atoms with E-state index in [4.69, 9.17) is 0 Å². The molecule has 0 aliphatic carbocycles. The SMILES string of the molecule is CC(C)c1cnc2sccn12. The van der Waals surface area contributed by atoms with Gasteiger partial charge in [0.2, 0.25) is 0 Å². The molecule has 2 nitrogen and oxygen atoms in total. The fourth-order valence-electron chi connectivity index (χ4n) is 1.17. The molecule has 0 N–H and O–H groups in total. The maximum absolute atomic E-state index is 4.28. The van der Waals surface area contributed by atoms with Crippen LogP contribution in [0.2, 0.25) is 0 Å². The molecule has 0 aliphatic rings. The third-order valence-electron chi connectivity index (χ3n) is 1.77. The van der Waals surface area contributed by atoms with E-state index < -0.39 is 0 Å². The highest BCUT2D eigenvalue weighted by molar-refractivity contribution is 7.15. The van der Waals surface area contributed by atoms with Gasteiger partial charge < -0.3 is 0 Å². The lowest BCUT2D eigenvalue weighted by Gasteiger charge is -2.00. The van der Waals surface area contributed by atoms with Crippen molar-refractivity contribution in [3.05, 3.63) is 23.5 Å². The molecule has 0 radical (unpaired) electrons. The summed E-state index contributed by atoms with van der Waals surface area (Å²) in [6, 6.07) is 0. The Morgan fingerprint density at radius 1 is 1.55 bits per heavy atom. The van der Waals surface area contributed by atoms with E-state index in [0.717, 1.165) is 4.96 Å². The maximum Gasteiger partial charge on any atom is 0.193 e. The molecule has 2 aromatic rings. The predicted molar refractivity (Wildman–Crippen MR) is 47.2 cm³/mol. The van der Waals surface area contributed by atoms with Crippen LogP contribution >= 0.6 is 11.3 Å². The van der Waals surface area contributed by atoms with Gasteiger partial charge >= 0.3 is 0 Å². The summed E-state index contributed by atoms with van der Waals surface area (Å²) >= 11 is 1.68. The molecule has 2 aromatic heterocycles. The van der Waals surface area contributed by atoms with E-state index in [-0.39, 0.29) is 0 Å². The Bertz CT molecular complexity index is 359. The highest BCUT2D eigenvalue weighted by Crippen LogP contribution is 2.18. The summed E-state index contributed by atoms with van der Waals surface area (Å²) in [5, 5.41) is 2.06. The highest BCUT2D eigenvalue weighted by atomic mass is 32.1. The van der Waals surface area contributed by atoms with Crippen LogP contribution in [0.1, 0.15) is 25.5 Å². The normalized spacial score (nSPS) is 11.5. The van der Waals surface area contributed by atoms with Crippen LogP contribution in [0.3, 0.4) is 0 Å². The van der Waals surface area contributed by atoms with Crippen molar-refractivity contribution in [3.8, 4) is 0 Å². The molecule has 0 aromatic carbocycles. The van der Waals surface area contributed by atoms with Gasteiger partial charge in [-0.2, -0.15) is 0 Å². The molecular weight excluding hydrogens is 156 g/mol. The quantitative estimate of drug-likeness (QED) is 0.636. The van der Waals surface area contributed by atoms with E-state index in [1.807, 2.05) is 6.20 Å². The molecule has 0 bridgehead atoms. The summed E-state index contributed by atoms with van der Waals surface area (Å²) < 4.78 is 2.15. The molecule has 0 saturated carbocycles. The number of aromatic nitrogens is 2. The smallest absolute Gasteiger partial charge is 0.193 e. The molecule has 0 atom stereocenters. The number of nitrogens with zero attached hydrogens (tertiary/aromatic N) is 2. The number of thiazole rings is 1. The van der Waals surface area contributed by atoms with Crippen molar-refractivity contribution in [1.29, 1.82) is 0 Å². The average Bonchev–Trinajstić information content (AvgIpc) is 2.41. The van der Waals surface area contributed by atoms with Gasteiger partial charge in [0.15, 0.2) is 4.96 Å². The van der Waals surface area contributed by atoms with Gasteiger partial charge in [-0.15, -0.1) is 11.3 Å². The monoisotopic (exact) mass is 166 g/mol. The molecule has 2 rings (SSSR count). The Balaban J connectivity index is 2.68. The van der Waals surface area contributed by atoms with Gasteiger partial charge in [-0.05, 0) is 5.92 Å². The predicted octanol–water partition coefficient (Wildman–Crippen LogP) is 2.52. The second kappa shape index (κ2) is 2.34. The molecule has 11 heavy (non-hydrogen) atoms. The van der Waals surface area contributed by atoms with Gasteiger partial charge in [-0.25, -0.2) is 4.98 Å². The molecule has 0 unspecified atom stereocenters. The highest BCUT2D eigenvalue weighted by Gasteiger charge is 2.06. The molecule has 58 valence electrons. The van der Waals surface area contributed by atoms with Gasteiger partial charge in [0.25, 0.3) is 0 Å². The molecular formula is C8H10N2S. The number of rotatable bonds is 1. The first-order chi connectivity index (χ1) is 5.29. The molecule has 0 amide bonds. The second-order valence-electron chi connectivity index (χ2n) is 2.89. The van der Waals surface area contributed by atoms with Crippen LogP contribution in [0.5, 0.6) is 0 Å². The fraction of sp³-hybridized carbons (Fsp3) is 0.375. The van der Waals surface area contributed by atoms with Crippen molar-refractivity contribution < 1.29 is 0 Å². The maximum atomic E-state index is 4.28. The summed E-state index contributed by atoms with van der Waals surface area (Å²) in [5.74, 6) is 0.555. The van der Waals surface area contributed by atoms with Crippen molar-refractivity contribution in [3.63, 3.8) is 0 Å². The first kappa shape index (κ1) is 6.85. The van der Waals surface area contributed by atoms with Crippen LogP contribution in [-0.2, 0) is 0 Å². The van der Waals surface area contributed by atoms with Crippen LogP contribution in [0, 0.1) is 0 Å². The molecule has 2 heterocycles. The van der Waals surface area contributed by atoms with Gasteiger partial charge in [-0.1, -0.05) is 13.8 Å². The van der Waals surface area contributed by atoms with Crippen LogP contribution in [0.4, 0.5) is 0 Å². The van der Waals surface area contributed by atoms with E-state index in [9.17, 15) is 0 Å². The number of fused-ring (bicyclic) bond motifs is 1. The van der Waals surface area contributed by atoms with E-state index in [0.29, 0.717) is 5.92 Å². The summed E-state index contributed by atoms with van der Waals surface area (Å²) in [6.07, 6.45) is 4.03. The molecule has 0 spiro atoms. The Kier molecular flexibility index (Phi) is 1.46. The summed E-state index contributed by atoms with van der Waals surface area (Å²) in [7, 11) is 0. The molecule has 3 heteroatoms.